The predicted octanol–water partition coefficient (Wildman–Crippen LogP) is 14.3. The van der Waals surface area contributed by atoms with Crippen molar-refractivity contribution in [3.05, 3.63) is 147 Å². The highest BCUT2D eigenvalue weighted by Gasteiger charge is 2.29. The predicted molar refractivity (Wildman–Crippen MR) is 301 cm³/mol. The minimum atomic E-state index is -0.478. The number of hydrogen-bond donors (Lipinski definition) is 0. The molecule has 0 radical (unpaired) electrons. The molecule has 0 unspecified atom stereocenters. The second-order valence-corrected chi connectivity index (χ2v) is 22.7. The highest BCUT2D eigenvalue weighted by molar-refractivity contribution is 14.1. The van der Waals surface area contributed by atoms with E-state index in [-0.39, 0.29) is 20.4 Å². The molecule has 0 aliphatic heterocycles. The molecule has 0 saturated carbocycles. The van der Waals surface area contributed by atoms with E-state index >= 15 is 0 Å². The molecule has 9 nitrogen and oxygen atoms in total. The zero-order chi connectivity index (χ0) is 45.4. The zero-order valence-electron chi connectivity index (χ0n) is 35.1. The van der Waals surface area contributed by atoms with E-state index in [0.29, 0.717) is 39.6 Å². The summed E-state index contributed by atoms with van der Waals surface area (Å²) in [6.07, 6.45) is 0. The van der Waals surface area contributed by atoms with Gasteiger partial charge in [0.15, 0.2) is 35.1 Å². The van der Waals surface area contributed by atoms with Gasteiger partial charge in [-0.05, 0) is 266 Å². The fourth-order valence-electron chi connectivity index (χ4n) is 6.11. The van der Waals surface area contributed by atoms with Crippen LogP contribution >= 0.6 is 136 Å². The van der Waals surface area contributed by atoms with E-state index < -0.39 is 10.9 Å². The lowest BCUT2D eigenvalue weighted by molar-refractivity contribution is 0.0205. The first kappa shape index (κ1) is 52.1. The lowest BCUT2D eigenvalue weighted by Gasteiger charge is -2.16. The molecule has 0 fully saturated rings. The van der Waals surface area contributed by atoms with Crippen LogP contribution in [0.3, 0.4) is 0 Å². The fraction of sp³-hybridized carbons (Fsp3) is 0.250. The van der Waals surface area contributed by atoms with Gasteiger partial charge in [-0.15, -0.1) is 0 Å². The summed E-state index contributed by atoms with van der Waals surface area (Å²) in [7, 11) is -0.478. The van der Waals surface area contributed by atoms with Crippen molar-refractivity contribution in [2.45, 2.75) is 55.3 Å². The van der Waals surface area contributed by atoms with E-state index in [9.17, 15) is 0 Å². The maximum absolute atomic E-state index is 6.36. The van der Waals surface area contributed by atoms with E-state index in [1.165, 1.54) is 0 Å². The summed E-state index contributed by atoms with van der Waals surface area (Å²) in [5, 5.41) is 0. The normalized spacial score (nSPS) is 11.2. The largest absolute Gasteiger partial charge is 0.489 e. The molecule has 0 saturated heterocycles. The van der Waals surface area contributed by atoms with Gasteiger partial charge in [0.25, 0.3) is 0 Å². The third kappa shape index (κ3) is 15.4. The highest BCUT2D eigenvalue weighted by atomic mass is 127. The second-order valence-electron chi connectivity index (χ2n) is 13.5. The SMILES string of the molecule is CCOCOc1c(I)cc(I)cc1COc1ccc([S+](c2ccc(OCc3cc(I)cc(I)c3OCOCC)cc2)c2ccc(OCc3cc(I)cc(I)c3OCOCC)cc2)cc1. The first-order valence-corrected chi connectivity index (χ1v) is 27.7. The molecule has 16 heteroatoms. The van der Waals surface area contributed by atoms with Crippen molar-refractivity contribution in [1.82, 2.24) is 0 Å². The van der Waals surface area contributed by atoms with Gasteiger partial charge in [-0.2, -0.15) is 0 Å². The van der Waals surface area contributed by atoms with Crippen LogP contribution in [0.2, 0.25) is 0 Å². The Bertz CT molecular complexity index is 2150. The summed E-state index contributed by atoms with van der Waals surface area (Å²) >= 11 is 13.9. The zero-order valence-corrected chi connectivity index (χ0v) is 48.9. The van der Waals surface area contributed by atoms with Gasteiger partial charge in [-0.3, -0.25) is 0 Å². The Labute approximate surface area is 460 Å². The van der Waals surface area contributed by atoms with Crippen molar-refractivity contribution in [3.63, 3.8) is 0 Å². The molecule has 0 amide bonds. The Morgan fingerprint density at radius 2 is 0.625 bits per heavy atom. The first-order valence-electron chi connectivity index (χ1n) is 20.0. The van der Waals surface area contributed by atoms with Crippen LogP contribution in [0, 0.1) is 21.4 Å². The minimum Gasteiger partial charge on any atom is -0.489 e. The van der Waals surface area contributed by atoms with Crippen LogP contribution in [-0.4, -0.2) is 40.2 Å². The molecule has 0 heterocycles. The standard InChI is InChI=1S/C48H45I6O9S/c1-4-55-28-61-46-31(19-34(49)22-43(46)52)25-58-37-7-13-40(14-8-37)64(41-15-9-38(10-16-41)59-26-32-20-35(50)23-44(53)47(32)62-29-56-5-2)42-17-11-39(12-18-42)60-27-33-21-36(51)24-45(54)48(33)63-30-57-6-3/h7-24H,4-6,25-30H2,1-3H3/q+1. The molecule has 64 heavy (non-hydrogen) atoms. The summed E-state index contributed by atoms with van der Waals surface area (Å²) in [5.41, 5.74) is 2.88. The molecule has 338 valence electrons. The second kappa shape index (κ2) is 27.1. The van der Waals surface area contributed by atoms with E-state index in [2.05, 4.69) is 208 Å². The number of halogens is 6. The molecule has 0 aliphatic rings. The van der Waals surface area contributed by atoms with Crippen molar-refractivity contribution in [2.24, 2.45) is 0 Å². The van der Waals surface area contributed by atoms with Crippen LogP contribution in [0.1, 0.15) is 37.5 Å². The maximum Gasteiger partial charge on any atom is 0.189 e. The molecule has 0 N–H and O–H groups in total. The van der Waals surface area contributed by atoms with E-state index in [4.69, 9.17) is 42.6 Å². The van der Waals surface area contributed by atoms with Crippen LogP contribution in [0.25, 0.3) is 0 Å². The van der Waals surface area contributed by atoms with Crippen molar-refractivity contribution in [1.29, 1.82) is 0 Å². The minimum absolute atomic E-state index is 0.185. The molecule has 0 aromatic heterocycles. The molecule has 0 aliphatic carbocycles. The molecule has 6 rings (SSSR count). The first-order chi connectivity index (χ1) is 31.1. The van der Waals surface area contributed by atoms with E-state index in [0.717, 1.165) is 87.3 Å². The van der Waals surface area contributed by atoms with Crippen LogP contribution in [-0.2, 0) is 44.9 Å². The van der Waals surface area contributed by atoms with E-state index in [1.807, 2.05) is 57.2 Å². The van der Waals surface area contributed by atoms with Gasteiger partial charge >= 0.3 is 0 Å². The van der Waals surface area contributed by atoms with Gasteiger partial charge in [0.1, 0.15) is 54.3 Å². The number of hydrogen-bond acceptors (Lipinski definition) is 9. The lowest BCUT2D eigenvalue weighted by atomic mass is 10.2. The average Bonchev–Trinajstić information content (AvgIpc) is 3.28. The summed E-state index contributed by atoms with van der Waals surface area (Å²) in [5.74, 6) is 4.61. The monoisotopic (exact) mass is 1560 g/mol. The fourth-order valence-corrected chi connectivity index (χ4v) is 14.5. The summed E-state index contributed by atoms with van der Waals surface area (Å²) < 4.78 is 59.9. The molecular weight excluding hydrogens is 1510 g/mol. The third-order valence-electron chi connectivity index (χ3n) is 9.09. The van der Waals surface area contributed by atoms with Gasteiger partial charge in [-0.1, -0.05) is 0 Å². The molecular formula is C48H45I6O9S+. The summed E-state index contributed by atoms with van der Waals surface area (Å²) in [6, 6.07) is 37.6. The van der Waals surface area contributed by atoms with Crippen LogP contribution in [0.5, 0.6) is 34.5 Å². The third-order valence-corrected chi connectivity index (χ3v) is 15.6. The van der Waals surface area contributed by atoms with Gasteiger partial charge in [0.05, 0.1) is 21.6 Å². The molecule has 6 aromatic carbocycles. The Morgan fingerprint density at radius 1 is 0.359 bits per heavy atom. The van der Waals surface area contributed by atoms with Crippen molar-refractivity contribution >= 4 is 146 Å². The molecule has 0 spiro atoms. The van der Waals surface area contributed by atoms with Crippen molar-refractivity contribution in [3.8, 4) is 34.5 Å². The summed E-state index contributed by atoms with van der Waals surface area (Å²) in [6.45, 7) is 9.20. The highest BCUT2D eigenvalue weighted by Crippen LogP contribution is 2.37. The van der Waals surface area contributed by atoms with Crippen molar-refractivity contribution in [2.75, 3.05) is 40.2 Å². The van der Waals surface area contributed by atoms with Gasteiger partial charge < -0.3 is 42.6 Å². The number of benzene rings is 6. The van der Waals surface area contributed by atoms with Crippen molar-refractivity contribution < 1.29 is 42.6 Å². The molecule has 6 aromatic rings. The average molecular weight is 1560 g/mol. The molecule has 0 atom stereocenters. The summed E-state index contributed by atoms with van der Waals surface area (Å²) in [4.78, 5) is 3.40. The lowest BCUT2D eigenvalue weighted by Crippen LogP contribution is -2.08. The van der Waals surface area contributed by atoms with Gasteiger partial charge in [0, 0.05) is 47.2 Å². The topological polar surface area (TPSA) is 83.1 Å². The van der Waals surface area contributed by atoms with Crippen LogP contribution < -0.4 is 28.4 Å². The van der Waals surface area contributed by atoms with Crippen LogP contribution in [0.4, 0.5) is 0 Å². The Kier molecular flexibility index (Phi) is 22.0. The van der Waals surface area contributed by atoms with E-state index in [1.54, 1.807) is 0 Å². The Morgan fingerprint density at radius 3 is 0.875 bits per heavy atom. The number of ether oxygens (including phenoxy) is 9. The van der Waals surface area contributed by atoms with Crippen LogP contribution in [0.15, 0.2) is 124 Å². The smallest absolute Gasteiger partial charge is 0.189 e. The molecule has 0 bridgehead atoms. The van der Waals surface area contributed by atoms with Gasteiger partial charge in [0.2, 0.25) is 0 Å². The Balaban J connectivity index is 1.23. The van der Waals surface area contributed by atoms with Gasteiger partial charge in [-0.25, -0.2) is 0 Å². The quantitative estimate of drug-likeness (QED) is 0.0255. The maximum atomic E-state index is 6.36. The number of rotatable bonds is 24. The Hall–Kier alpha value is -1.27.